The summed E-state index contributed by atoms with van der Waals surface area (Å²) < 4.78 is 4.99. The van der Waals surface area contributed by atoms with Gasteiger partial charge in [0.25, 0.3) is 5.82 Å². The fraction of sp³-hybridized carbons (Fsp3) is 0.875. The molecule has 26 heavy (non-hydrogen) atoms. The molecule has 0 atom stereocenters. The molecule has 0 spiro atoms. The summed E-state index contributed by atoms with van der Waals surface area (Å²) >= 11 is 0. The van der Waals surface area contributed by atoms with Gasteiger partial charge in [-0.15, -0.1) is 0 Å². The molecule has 0 aliphatic heterocycles. The SMILES string of the molecule is CCCCCCCCCCCCCC[n+]1ccn(C(C)C)c1CCCC. The lowest BCUT2D eigenvalue weighted by Gasteiger charge is -2.07. The van der Waals surface area contributed by atoms with Crippen molar-refractivity contribution in [1.29, 1.82) is 0 Å². The second kappa shape index (κ2) is 15.3. The number of unbranched alkanes of at least 4 members (excludes halogenated alkanes) is 12. The van der Waals surface area contributed by atoms with Crippen LogP contribution >= 0.6 is 0 Å². The van der Waals surface area contributed by atoms with Crippen molar-refractivity contribution < 1.29 is 4.57 Å². The Morgan fingerprint density at radius 1 is 0.731 bits per heavy atom. The lowest BCUT2D eigenvalue weighted by atomic mass is 10.1. The molecule has 0 amide bonds. The van der Waals surface area contributed by atoms with Crippen LogP contribution in [0, 0.1) is 0 Å². The quantitative estimate of drug-likeness (QED) is 0.201. The van der Waals surface area contributed by atoms with Gasteiger partial charge in [0, 0.05) is 6.42 Å². The Hall–Kier alpha value is -0.790. The van der Waals surface area contributed by atoms with E-state index < -0.39 is 0 Å². The number of rotatable bonds is 17. The molecule has 0 aliphatic carbocycles. The van der Waals surface area contributed by atoms with E-state index in [4.69, 9.17) is 0 Å². The summed E-state index contributed by atoms with van der Waals surface area (Å²) in [4.78, 5) is 0. The van der Waals surface area contributed by atoms with E-state index in [1.807, 2.05) is 0 Å². The molecule has 1 rings (SSSR count). The zero-order valence-electron chi connectivity index (χ0n) is 18.4. The summed E-state index contributed by atoms with van der Waals surface area (Å²) in [5.74, 6) is 1.53. The second-order valence-electron chi connectivity index (χ2n) is 8.40. The number of aryl methyl sites for hydroxylation is 1. The molecule has 0 radical (unpaired) electrons. The van der Waals surface area contributed by atoms with E-state index in [1.165, 1.54) is 109 Å². The molecular formula is C24H47N2+. The van der Waals surface area contributed by atoms with E-state index in [0.717, 1.165) is 0 Å². The van der Waals surface area contributed by atoms with Crippen LogP contribution in [0.3, 0.4) is 0 Å². The molecule has 0 aliphatic rings. The van der Waals surface area contributed by atoms with Crippen LogP contribution in [0.5, 0.6) is 0 Å². The smallest absolute Gasteiger partial charge is 0.234 e. The van der Waals surface area contributed by atoms with Gasteiger partial charge in [0.15, 0.2) is 0 Å². The number of hydrogen-bond donors (Lipinski definition) is 0. The highest BCUT2D eigenvalue weighted by Crippen LogP contribution is 2.13. The molecule has 1 heterocycles. The standard InChI is InChI=1S/C24H47N2/c1-5-7-9-10-11-12-13-14-15-16-17-18-20-25-21-22-26(23(3)4)24(25)19-8-6-2/h21-23H,5-20H2,1-4H3/q+1. The Bertz CT molecular complexity index is 433. The van der Waals surface area contributed by atoms with Gasteiger partial charge in [0.05, 0.1) is 12.6 Å². The van der Waals surface area contributed by atoms with Crippen molar-refractivity contribution in [2.45, 2.75) is 137 Å². The van der Waals surface area contributed by atoms with Crippen molar-refractivity contribution in [3.05, 3.63) is 18.2 Å². The predicted molar refractivity (Wildman–Crippen MR) is 115 cm³/mol. The number of nitrogens with zero attached hydrogens (tertiary/aromatic N) is 2. The normalized spacial score (nSPS) is 11.6. The summed E-state index contributed by atoms with van der Waals surface area (Å²) in [5.41, 5.74) is 0. The molecule has 152 valence electrons. The van der Waals surface area contributed by atoms with Gasteiger partial charge < -0.3 is 0 Å². The highest BCUT2D eigenvalue weighted by atomic mass is 15.2. The summed E-state index contributed by atoms with van der Waals surface area (Å²) in [7, 11) is 0. The number of hydrogen-bond acceptors (Lipinski definition) is 0. The topological polar surface area (TPSA) is 8.81 Å². The number of imidazole rings is 1. The van der Waals surface area contributed by atoms with Crippen LogP contribution in [-0.2, 0) is 13.0 Å². The third-order valence-electron chi connectivity index (χ3n) is 5.60. The molecule has 0 saturated carbocycles. The first-order chi connectivity index (χ1) is 12.7. The van der Waals surface area contributed by atoms with Gasteiger partial charge >= 0.3 is 0 Å². The largest absolute Gasteiger partial charge is 0.256 e. The van der Waals surface area contributed by atoms with E-state index in [2.05, 4.69) is 49.2 Å². The van der Waals surface area contributed by atoms with Crippen LogP contribution in [0.15, 0.2) is 12.4 Å². The Morgan fingerprint density at radius 2 is 1.23 bits per heavy atom. The van der Waals surface area contributed by atoms with Gasteiger partial charge in [-0.3, -0.25) is 0 Å². The van der Waals surface area contributed by atoms with E-state index in [1.54, 1.807) is 0 Å². The first-order valence-electron chi connectivity index (χ1n) is 11.8. The minimum Gasteiger partial charge on any atom is -0.234 e. The van der Waals surface area contributed by atoms with Gasteiger partial charge in [0.2, 0.25) is 0 Å². The third-order valence-corrected chi connectivity index (χ3v) is 5.60. The van der Waals surface area contributed by atoms with Gasteiger partial charge in [-0.05, 0) is 33.1 Å². The lowest BCUT2D eigenvalue weighted by Crippen LogP contribution is -2.37. The van der Waals surface area contributed by atoms with Crippen molar-refractivity contribution in [2.75, 3.05) is 0 Å². The Balaban J connectivity index is 2.10. The van der Waals surface area contributed by atoms with E-state index in [9.17, 15) is 0 Å². The molecule has 0 bridgehead atoms. The van der Waals surface area contributed by atoms with Gasteiger partial charge in [-0.1, -0.05) is 84.5 Å². The summed E-state index contributed by atoms with van der Waals surface area (Å²) in [6, 6.07) is 0.574. The summed E-state index contributed by atoms with van der Waals surface area (Å²) in [6.07, 6.45) is 25.5. The monoisotopic (exact) mass is 363 g/mol. The van der Waals surface area contributed by atoms with Crippen molar-refractivity contribution in [2.24, 2.45) is 0 Å². The highest BCUT2D eigenvalue weighted by molar-refractivity contribution is 4.86. The highest BCUT2D eigenvalue weighted by Gasteiger charge is 2.18. The molecular weight excluding hydrogens is 316 g/mol. The second-order valence-corrected chi connectivity index (χ2v) is 8.40. The maximum absolute atomic E-state index is 2.52. The molecule has 1 aromatic rings. The van der Waals surface area contributed by atoms with Crippen molar-refractivity contribution in [3.8, 4) is 0 Å². The minimum absolute atomic E-state index is 0.574. The molecule has 2 nitrogen and oxygen atoms in total. The van der Waals surface area contributed by atoms with Crippen LogP contribution < -0.4 is 4.57 Å². The molecule has 1 aromatic heterocycles. The van der Waals surface area contributed by atoms with Crippen LogP contribution in [0.4, 0.5) is 0 Å². The molecule has 2 heteroatoms. The zero-order chi connectivity index (χ0) is 19.0. The fourth-order valence-electron chi connectivity index (χ4n) is 3.88. The predicted octanol–water partition coefficient (Wildman–Crippen LogP) is 7.40. The van der Waals surface area contributed by atoms with E-state index in [0.29, 0.717) is 6.04 Å². The average Bonchev–Trinajstić information content (AvgIpc) is 3.04. The zero-order valence-corrected chi connectivity index (χ0v) is 18.4. The molecule has 0 N–H and O–H groups in total. The van der Waals surface area contributed by atoms with Crippen LogP contribution in [0.1, 0.15) is 129 Å². The van der Waals surface area contributed by atoms with Crippen molar-refractivity contribution in [1.82, 2.24) is 4.57 Å². The van der Waals surface area contributed by atoms with Crippen LogP contribution in [-0.4, -0.2) is 4.57 Å². The Labute approximate surface area is 164 Å². The number of aromatic nitrogens is 2. The maximum Gasteiger partial charge on any atom is 0.256 e. The van der Waals surface area contributed by atoms with Crippen LogP contribution in [0.25, 0.3) is 0 Å². The summed E-state index contributed by atoms with van der Waals surface area (Å²) in [6.45, 7) is 10.4. The van der Waals surface area contributed by atoms with Gasteiger partial charge in [0.1, 0.15) is 12.4 Å². The first kappa shape index (κ1) is 23.2. The maximum atomic E-state index is 2.52. The average molecular weight is 364 g/mol. The van der Waals surface area contributed by atoms with E-state index >= 15 is 0 Å². The third kappa shape index (κ3) is 9.78. The molecule has 0 fully saturated rings. The molecule has 0 unspecified atom stereocenters. The summed E-state index contributed by atoms with van der Waals surface area (Å²) in [5, 5.41) is 0. The Morgan fingerprint density at radius 3 is 1.73 bits per heavy atom. The Kier molecular flexibility index (Phi) is 13.7. The first-order valence-corrected chi connectivity index (χ1v) is 11.8. The molecule has 0 aromatic carbocycles. The lowest BCUT2D eigenvalue weighted by molar-refractivity contribution is -0.704. The fourth-order valence-corrected chi connectivity index (χ4v) is 3.88. The van der Waals surface area contributed by atoms with Gasteiger partial charge in [-0.2, -0.15) is 0 Å². The minimum atomic E-state index is 0.574. The van der Waals surface area contributed by atoms with Crippen LogP contribution in [0.2, 0.25) is 0 Å². The van der Waals surface area contributed by atoms with E-state index in [-0.39, 0.29) is 0 Å². The van der Waals surface area contributed by atoms with Crippen molar-refractivity contribution in [3.63, 3.8) is 0 Å². The van der Waals surface area contributed by atoms with Gasteiger partial charge in [-0.25, -0.2) is 9.13 Å². The molecule has 0 saturated heterocycles. The van der Waals surface area contributed by atoms with Crippen molar-refractivity contribution >= 4 is 0 Å².